The molecule has 0 atom stereocenters. The Morgan fingerprint density at radius 3 is 2.68 bits per heavy atom. The van der Waals surface area contributed by atoms with Crippen LogP contribution in [0.15, 0.2) is 73.2 Å². The molecule has 0 amide bonds. The molecule has 4 rings (SSSR count). The van der Waals surface area contributed by atoms with Crippen LogP contribution in [0.2, 0.25) is 0 Å². The Labute approximate surface area is 165 Å². The Morgan fingerprint density at radius 2 is 1.82 bits per heavy atom. The van der Waals surface area contributed by atoms with Crippen molar-refractivity contribution in [3.8, 4) is 11.4 Å². The zero-order valence-corrected chi connectivity index (χ0v) is 15.9. The third-order valence-electron chi connectivity index (χ3n) is 4.75. The normalized spacial score (nSPS) is 11.4. The molecule has 0 aliphatic carbocycles. The van der Waals surface area contributed by atoms with E-state index in [1.807, 2.05) is 42.7 Å². The lowest BCUT2D eigenvalue weighted by Gasteiger charge is -2.05. The fraction of sp³-hybridized carbons (Fsp3) is 0.125. The second-order valence-electron chi connectivity index (χ2n) is 6.80. The van der Waals surface area contributed by atoms with Gasteiger partial charge in [0.05, 0.1) is 12.1 Å². The molecular formula is C24H23N4+. The Hall–Kier alpha value is -3.37. The number of nitrogens with zero attached hydrogens (tertiary/aromatic N) is 3. The number of pyridine rings is 3. The summed E-state index contributed by atoms with van der Waals surface area (Å²) in [7, 11) is 0. The van der Waals surface area contributed by atoms with Crippen LogP contribution in [0.5, 0.6) is 0 Å². The van der Waals surface area contributed by atoms with Gasteiger partial charge in [-0.15, -0.1) is 0 Å². The quantitative estimate of drug-likeness (QED) is 0.542. The summed E-state index contributed by atoms with van der Waals surface area (Å²) in [5.74, 6) is 0. The average Bonchev–Trinajstić information content (AvgIpc) is 2.73. The SMILES string of the molecule is Cc1ccnc(-c2cc(/C=C/c3ccnc4ccccc34)cc[n+]2CCN)c1. The molecule has 3 heterocycles. The Balaban J connectivity index is 1.74. The minimum atomic E-state index is 0.585. The summed E-state index contributed by atoms with van der Waals surface area (Å²) >= 11 is 0. The van der Waals surface area contributed by atoms with Gasteiger partial charge in [0.1, 0.15) is 5.69 Å². The largest absolute Gasteiger partial charge is 0.325 e. The van der Waals surface area contributed by atoms with Crippen LogP contribution < -0.4 is 10.3 Å². The lowest BCUT2D eigenvalue weighted by Crippen LogP contribution is -2.39. The molecule has 0 aliphatic heterocycles. The van der Waals surface area contributed by atoms with Gasteiger partial charge in [-0.1, -0.05) is 30.4 Å². The molecule has 4 aromatic rings. The summed E-state index contributed by atoms with van der Waals surface area (Å²) in [6.07, 6.45) is 10.1. The Bertz CT molecular complexity index is 1140. The molecule has 0 unspecified atom stereocenters. The number of hydrogen-bond donors (Lipinski definition) is 1. The third kappa shape index (κ3) is 3.82. The van der Waals surface area contributed by atoms with Crippen molar-refractivity contribution in [1.82, 2.24) is 9.97 Å². The van der Waals surface area contributed by atoms with Crippen LogP contribution in [-0.2, 0) is 6.54 Å². The van der Waals surface area contributed by atoms with Crippen molar-refractivity contribution in [2.24, 2.45) is 5.73 Å². The highest BCUT2D eigenvalue weighted by atomic mass is 15.0. The van der Waals surface area contributed by atoms with Crippen molar-refractivity contribution in [2.45, 2.75) is 13.5 Å². The van der Waals surface area contributed by atoms with E-state index in [1.54, 1.807) is 0 Å². The van der Waals surface area contributed by atoms with Gasteiger partial charge in [-0.3, -0.25) is 4.98 Å². The van der Waals surface area contributed by atoms with E-state index in [2.05, 4.69) is 64.1 Å². The summed E-state index contributed by atoms with van der Waals surface area (Å²) in [5, 5.41) is 1.15. The lowest BCUT2D eigenvalue weighted by molar-refractivity contribution is -0.683. The van der Waals surface area contributed by atoms with E-state index in [4.69, 9.17) is 5.73 Å². The first-order valence-corrected chi connectivity index (χ1v) is 9.43. The minimum absolute atomic E-state index is 0.585. The number of aryl methyl sites for hydroxylation is 1. The van der Waals surface area contributed by atoms with Crippen molar-refractivity contribution < 1.29 is 4.57 Å². The number of fused-ring (bicyclic) bond motifs is 1. The molecule has 1 aromatic carbocycles. The Kier molecular flexibility index (Phi) is 5.22. The van der Waals surface area contributed by atoms with Crippen molar-refractivity contribution in [3.05, 3.63) is 89.9 Å². The van der Waals surface area contributed by atoms with E-state index in [-0.39, 0.29) is 0 Å². The van der Waals surface area contributed by atoms with Gasteiger partial charge in [-0.25, -0.2) is 4.98 Å². The summed E-state index contributed by atoms with van der Waals surface area (Å²) in [4.78, 5) is 8.99. The maximum Gasteiger partial charge on any atom is 0.231 e. The molecule has 4 nitrogen and oxygen atoms in total. The number of hydrogen-bond acceptors (Lipinski definition) is 3. The maximum absolute atomic E-state index is 5.80. The molecule has 138 valence electrons. The molecule has 0 radical (unpaired) electrons. The third-order valence-corrected chi connectivity index (χ3v) is 4.75. The molecule has 2 N–H and O–H groups in total. The van der Waals surface area contributed by atoms with Gasteiger partial charge >= 0.3 is 0 Å². The zero-order chi connectivity index (χ0) is 19.3. The second kappa shape index (κ2) is 8.11. The van der Waals surface area contributed by atoms with Gasteiger partial charge in [0.15, 0.2) is 12.7 Å². The minimum Gasteiger partial charge on any atom is -0.325 e. The molecule has 0 fully saturated rings. The topological polar surface area (TPSA) is 55.7 Å². The van der Waals surface area contributed by atoms with Crippen LogP contribution in [0.3, 0.4) is 0 Å². The van der Waals surface area contributed by atoms with Crippen LogP contribution in [0.1, 0.15) is 16.7 Å². The number of nitrogens with two attached hydrogens (primary N) is 1. The molecule has 0 aliphatic rings. The van der Waals surface area contributed by atoms with E-state index >= 15 is 0 Å². The van der Waals surface area contributed by atoms with Crippen molar-refractivity contribution in [1.29, 1.82) is 0 Å². The van der Waals surface area contributed by atoms with Crippen LogP contribution in [0.4, 0.5) is 0 Å². The number of aromatic nitrogens is 3. The van der Waals surface area contributed by atoms with E-state index < -0.39 is 0 Å². The van der Waals surface area contributed by atoms with Crippen molar-refractivity contribution >= 4 is 23.1 Å². The van der Waals surface area contributed by atoms with Crippen LogP contribution >= 0.6 is 0 Å². The number of benzene rings is 1. The molecule has 28 heavy (non-hydrogen) atoms. The molecule has 3 aromatic heterocycles. The number of para-hydroxylation sites is 1. The number of rotatable bonds is 5. The van der Waals surface area contributed by atoms with E-state index in [1.165, 1.54) is 5.56 Å². The first-order chi connectivity index (χ1) is 13.7. The van der Waals surface area contributed by atoms with Gasteiger partial charge in [0.25, 0.3) is 0 Å². The smallest absolute Gasteiger partial charge is 0.231 e. The molecule has 0 saturated carbocycles. The van der Waals surface area contributed by atoms with Crippen LogP contribution in [-0.4, -0.2) is 16.5 Å². The Morgan fingerprint density at radius 1 is 0.964 bits per heavy atom. The highest BCUT2D eigenvalue weighted by Gasteiger charge is 2.14. The van der Waals surface area contributed by atoms with E-state index in [0.29, 0.717) is 6.54 Å². The van der Waals surface area contributed by atoms with Crippen molar-refractivity contribution in [3.63, 3.8) is 0 Å². The zero-order valence-electron chi connectivity index (χ0n) is 15.9. The molecular weight excluding hydrogens is 344 g/mol. The van der Waals surface area contributed by atoms with Gasteiger partial charge in [-0.05, 0) is 47.9 Å². The second-order valence-corrected chi connectivity index (χ2v) is 6.80. The highest BCUT2D eigenvalue weighted by molar-refractivity contribution is 5.90. The predicted molar refractivity (Wildman–Crippen MR) is 114 cm³/mol. The monoisotopic (exact) mass is 367 g/mol. The fourth-order valence-electron chi connectivity index (χ4n) is 3.33. The van der Waals surface area contributed by atoms with Crippen molar-refractivity contribution in [2.75, 3.05) is 6.54 Å². The van der Waals surface area contributed by atoms with E-state index in [0.717, 1.165) is 40.0 Å². The van der Waals surface area contributed by atoms with Gasteiger partial charge < -0.3 is 5.73 Å². The summed E-state index contributed by atoms with van der Waals surface area (Å²) in [6.45, 7) is 3.42. The summed E-state index contributed by atoms with van der Waals surface area (Å²) < 4.78 is 2.15. The van der Waals surface area contributed by atoms with Crippen LogP contribution in [0.25, 0.3) is 34.4 Å². The van der Waals surface area contributed by atoms with E-state index in [9.17, 15) is 0 Å². The van der Waals surface area contributed by atoms with Crippen LogP contribution in [0, 0.1) is 6.92 Å². The average molecular weight is 367 g/mol. The molecule has 0 bridgehead atoms. The molecule has 0 saturated heterocycles. The summed E-state index contributed by atoms with van der Waals surface area (Å²) in [6, 6.07) is 18.6. The van der Waals surface area contributed by atoms with Gasteiger partial charge in [-0.2, -0.15) is 4.57 Å². The summed E-state index contributed by atoms with van der Waals surface area (Å²) in [5.41, 5.74) is 12.3. The maximum atomic E-state index is 5.80. The standard InChI is InChI=1S/C24H23N4/c1-18-8-12-27-23(16-18)24-17-19(10-14-28(24)15-11-25)6-7-20-9-13-26-22-5-3-2-4-21(20)22/h2-10,12-14,16-17H,11,15,25H2,1H3/q+1/b7-6+. The molecule has 4 heteroatoms. The fourth-order valence-corrected chi connectivity index (χ4v) is 3.33. The molecule has 0 spiro atoms. The van der Waals surface area contributed by atoms with Gasteiger partial charge in [0.2, 0.25) is 5.69 Å². The first-order valence-electron chi connectivity index (χ1n) is 9.43. The first kappa shape index (κ1) is 18.0. The predicted octanol–water partition coefficient (Wildman–Crippen LogP) is 4.02. The highest BCUT2D eigenvalue weighted by Crippen LogP contribution is 2.20. The van der Waals surface area contributed by atoms with Gasteiger partial charge in [0, 0.05) is 29.9 Å². The lowest BCUT2D eigenvalue weighted by atomic mass is 10.1.